The van der Waals surface area contributed by atoms with Crippen LogP contribution in [0.2, 0.25) is 0 Å². The van der Waals surface area contributed by atoms with Crippen LogP contribution in [0.3, 0.4) is 0 Å². The summed E-state index contributed by atoms with van der Waals surface area (Å²) in [6, 6.07) is 50.7. The summed E-state index contributed by atoms with van der Waals surface area (Å²) >= 11 is 6.94. The van der Waals surface area contributed by atoms with Gasteiger partial charge in [0.05, 0.1) is 46.0 Å². The van der Waals surface area contributed by atoms with E-state index in [1.165, 1.54) is 20.9 Å². The average Bonchev–Trinajstić information content (AvgIpc) is 4.12. The Morgan fingerprint density at radius 1 is 0.500 bits per heavy atom. The van der Waals surface area contributed by atoms with E-state index in [1.54, 1.807) is 36.9 Å². The number of hydrogen-bond acceptors (Lipinski definition) is 10. The fraction of sp³-hybridized carbons (Fsp3) is 0.167. The molecule has 0 aliphatic carbocycles. The number of thiazole rings is 2. The summed E-state index contributed by atoms with van der Waals surface area (Å²) < 4.78 is 13.4. The van der Waals surface area contributed by atoms with Gasteiger partial charge in [0.1, 0.15) is 22.2 Å². The van der Waals surface area contributed by atoms with E-state index in [-0.39, 0.29) is 10.7 Å². The first-order chi connectivity index (χ1) is 30.6. The standard InChI is InChI=1S/C48H40N8O2S4/c1-57-33-23-19-31(20-24-33)43-55(37-13-5-9-17-41(37)59-43)47(51-45-49-35-11-3-7-15-39(35)61-45)53-27-29-54(30-28-53)48(52-46-50-36-12-4-8-16-40(36)62-46)56-38-14-6-10-18-42(38)60-44(56)32-21-25-34(58-2)26-22-32/h3-26,43-44H,27-30H2,1-2H3/b51-47+,52-48+. The van der Waals surface area contributed by atoms with Crippen molar-refractivity contribution in [2.75, 3.05) is 50.2 Å². The Hall–Kier alpha value is -6.06. The molecule has 62 heavy (non-hydrogen) atoms. The Morgan fingerprint density at radius 3 is 1.29 bits per heavy atom. The summed E-state index contributed by atoms with van der Waals surface area (Å²) in [7, 11) is 3.42. The highest BCUT2D eigenvalue weighted by molar-refractivity contribution is 8.00. The average molecular weight is 889 g/mol. The molecule has 10 nitrogen and oxygen atoms in total. The van der Waals surface area contributed by atoms with Crippen molar-refractivity contribution in [2.45, 2.75) is 20.5 Å². The summed E-state index contributed by atoms with van der Waals surface area (Å²) in [5, 5.41) is 1.36. The summed E-state index contributed by atoms with van der Waals surface area (Å²) in [4.78, 5) is 33.2. The van der Waals surface area contributed by atoms with Crippen LogP contribution in [0.4, 0.5) is 21.6 Å². The number of aromatic nitrogens is 2. The molecule has 3 aliphatic heterocycles. The van der Waals surface area contributed by atoms with Gasteiger partial charge < -0.3 is 19.3 Å². The quantitative estimate of drug-likeness (QED) is 0.119. The van der Waals surface area contributed by atoms with E-state index in [9.17, 15) is 0 Å². The molecule has 1 fully saturated rings. The van der Waals surface area contributed by atoms with Crippen LogP contribution >= 0.6 is 46.2 Å². The van der Waals surface area contributed by atoms with Crippen LogP contribution in [0.25, 0.3) is 20.4 Å². The summed E-state index contributed by atoms with van der Waals surface area (Å²) in [5.41, 5.74) is 6.51. The Kier molecular flexibility index (Phi) is 10.4. The Balaban J connectivity index is 0.994. The van der Waals surface area contributed by atoms with Gasteiger partial charge in [0.15, 0.2) is 0 Å². The SMILES string of the molecule is COc1ccc(C2Sc3ccccc3N2/C(=N/c2nc3ccccc3s2)N2CCN(/C(=N\c3nc4ccccc4s3)N3c4ccccc4SC3c3ccc(OC)cc3)CC2)cc1. The van der Waals surface area contributed by atoms with E-state index in [0.29, 0.717) is 26.2 Å². The van der Waals surface area contributed by atoms with Crippen molar-refractivity contribution >= 4 is 100 Å². The van der Waals surface area contributed by atoms with Crippen LogP contribution in [0.1, 0.15) is 21.9 Å². The molecule has 2 unspecified atom stereocenters. The lowest BCUT2D eigenvalue weighted by molar-refractivity contribution is 0.253. The highest BCUT2D eigenvalue weighted by atomic mass is 32.2. The molecule has 6 aromatic carbocycles. The first kappa shape index (κ1) is 38.8. The maximum atomic E-state index is 5.56. The zero-order valence-corrected chi connectivity index (χ0v) is 37.1. The number of hydrogen-bond donors (Lipinski definition) is 0. The van der Waals surface area contributed by atoms with Gasteiger partial charge in [-0.2, -0.15) is 9.98 Å². The zero-order chi connectivity index (χ0) is 41.6. The van der Waals surface area contributed by atoms with Crippen molar-refractivity contribution in [3.8, 4) is 11.5 Å². The third-order valence-corrected chi connectivity index (χ3v) is 15.7. The van der Waals surface area contributed by atoms with E-state index in [0.717, 1.165) is 65.5 Å². The number of fused-ring (bicyclic) bond motifs is 4. The van der Waals surface area contributed by atoms with E-state index in [2.05, 4.69) is 129 Å². The van der Waals surface area contributed by atoms with Gasteiger partial charge in [0, 0.05) is 36.0 Å². The molecule has 2 atom stereocenters. The highest BCUT2D eigenvalue weighted by Gasteiger charge is 2.41. The molecule has 0 spiro atoms. The fourth-order valence-electron chi connectivity index (χ4n) is 8.15. The Labute approximate surface area is 376 Å². The number of aliphatic imine (C=N–C) groups is 2. The van der Waals surface area contributed by atoms with Crippen molar-refractivity contribution in [2.24, 2.45) is 9.98 Å². The number of benzene rings is 6. The molecule has 1 saturated heterocycles. The number of para-hydroxylation sites is 4. The number of guanidine groups is 2. The lowest BCUT2D eigenvalue weighted by Crippen LogP contribution is -2.57. The largest absolute Gasteiger partial charge is 0.497 e. The van der Waals surface area contributed by atoms with Gasteiger partial charge in [-0.25, -0.2) is 9.97 Å². The Bertz CT molecular complexity index is 2700. The number of rotatable bonds is 6. The normalized spacial score (nSPS) is 17.8. The minimum atomic E-state index is -0.0518. The van der Waals surface area contributed by atoms with Crippen molar-refractivity contribution in [3.63, 3.8) is 0 Å². The van der Waals surface area contributed by atoms with Gasteiger partial charge in [-0.05, 0) is 83.9 Å². The lowest BCUT2D eigenvalue weighted by Gasteiger charge is -2.43. The topological polar surface area (TPSA) is 81.9 Å². The van der Waals surface area contributed by atoms with E-state index in [4.69, 9.17) is 29.4 Å². The number of anilines is 2. The maximum absolute atomic E-state index is 5.56. The minimum absolute atomic E-state index is 0.0518. The van der Waals surface area contributed by atoms with Crippen LogP contribution in [0, 0.1) is 0 Å². The molecule has 0 saturated carbocycles. The van der Waals surface area contributed by atoms with E-state index < -0.39 is 0 Å². The molecule has 11 rings (SSSR count). The first-order valence-corrected chi connectivity index (χ1v) is 23.8. The number of nitrogens with zero attached hydrogens (tertiary/aromatic N) is 8. The fourth-order valence-corrected chi connectivity index (χ4v) is 12.4. The molecule has 2 aromatic heterocycles. The Morgan fingerprint density at radius 2 is 0.887 bits per heavy atom. The van der Waals surface area contributed by atoms with Gasteiger partial charge >= 0.3 is 0 Å². The van der Waals surface area contributed by atoms with Gasteiger partial charge in [-0.15, -0.1) is 0 Å². The lowest BCUT2D eigenvalue weighted by atomic mass is 10.1. The number of piperazine rings is 1. The second-order valence-corrected chi connectivity index (χ2v) is 19.2. The third-order valence-electron chi connectivity index (χ3n) is 11.2. The van der Waals surface area contributed by atoms with Crippen LogP contribution in [0.5, 0.6) is 11.5 Å². The number of methoxy groups -OCH3 is 2. The predicted molar refractivity (Wildman–Crippen MR) is 258 cm³/mol. The van der Waals surface area contributed by atoms with Crippen LogP contribution in [-0.4, -0.2) is 72.1 Å². The van der Waals surface area contributed by atoms with Crippen LogP contribution in [-0.2, 0) is 0 Å². The highest BCUT2D eigenvalue weighted by Crippen LogP contribution is 2.54. The molecular weight excluding hydrogens is 849 g/mol. The van der Waals surface area contributed by atoms with Crippen molar-refractivity contribution in [1.29, 1.82) is 0 Å². The third kappa shape index (κ3) is 7.30. The molecular formula is C48H40N8O2S4. The smallest absolute Gasteiger partial charge is 0.213 e. The number of thioether (sulfide) groups is 2. The van der Waals surface area contributed by atoms with Gasteiger partial charge in [0.2, 0.25) is 22.2 Å². The molecule has 14 heteroatoms. The molecule has 5 heterocycles. The summed E-state index contributed by atoms with van der Waals surface area (Å²) in [5.74, 6) is 3.42. The predicted octanol–water partition coefficient (Wildman–Crippen LogP) is 11.8. The molecule has 0 amide bonds. The van der Waals surface area contributed by atoms with Gasteiger partial charge in [-0.1, -0.05) is 119 Å². The van der Waals surface area contributed by atoms with Gasteiger partial charge in [-0.3, -0.25) is 9.80 Å². The maximum Gasteiger partial charge on any atom is 0.213 e. The molecule has 0 N–H and O–H groups in total. The molecule has 0 bridgehead atoms. The first-order valence-electron chi connectivity index (χ1n) is 20.4. The monoisotopic (exact) mass is 888 g/mol. The summed E-state index contributed by atoms with van der Waals surface area (Å²) in [6.07, 6.45) is 0. The van der Waals surface area contributed by atoms with E-state index >= 15 is 0 Å². The second-order valence-electron chi connectivity index (χ2n) is 14.9. The minimum Gasteiger partial charge on any atom is -0.497 e. The zero-order valence-electron chi connectivity index (χ0n) is 33.9. The van der Waals surface area contributed by atoms with Crippen molar-refractivity contribution in [3.05, 3.63) is 157 Å². The molecule has 0 radical (unpaired) electrons. The second kappa shape index (κ2) is 16.7. The molecule has 8 aromatic rings. The van der Waals surface area contributed by atoms with Crippen molar-refractivity contribution in [1.82, 2.24) is 19.8 Å². The number of ether oxygens (including phenoxy) is 2. The van der Waals surface area contributed by atoms with Crippen LogP contribution in [0.15, 0.2) is 165 Å². The summed E-state index contributed by atoms with van der Waals surface area (Å²) in [6.45, 7) is 2.82. The molecule has 308 valence electrons. The van der Waals surface area contributed by atoms with Crippen molar-refractivity contribution < 1.29 is 9.47 Å². The van der Waals surface area contributed by atoms with Gasteiger partial charge in [0.25, 0.3) is 0 Å². The van der Waals surface area contributed by atoms with E-state index in [1.807, 2.05) is 59.9 Å². The molecule has 3 aliphatic rings. The van der Waals surface area contributed by atoms with Crippen LogP contribution < -0.4 is 19.3 Å².